The van der Waals surface area contributed by atoms with Crippen molar-refractivity contribution in [3.63, 3.8) is 0 Å². The molecule has 0 amide bonds. The third-order valence-electron chi connectivity index (χ3n) is 2.60. The first-order chi connectivity index (χ1) is 8.97. The minimum atomic E-state index is -0.325. The van der Waals surface area contributed by atoms with Crippen LogP contribution in [0, 0.1) is 0 Å². The van der Waals surface area contributed by atoms with Crippen molar-refractivity contribution in [3.05, 3.63) is 35.9 Å². The molecule has 0 aliphatic carbocycles. The Balaban J connectivity index is 2.61. The Bertz CT molecular complexity index is 413. The predicted octanol–water partition coefficient (Wildman–Crippen LogP) is 2.50. The van der Waals surface area contributed by atoms with E-state index < -0.39 is 0 Å². The van der Waals surface area contributed by atoms with Crippen molar-refractivity contribution >= 4 is 11.9 Å². The largest absolute Gasteiger partial charge is 0.463 e. The standard InChI is InChI=1S/C15H20O4/c1-11(18-12(2)16)9-15(19-13(3)17)10-14-7-5-4-6-8-14/h4-8,11,15H,9-10H2,1-3H3/t11-,15-/m1/s1. The number of carbonyl (C=O) groups is 2. The maximum absolute atomic E-state index is 11.1. The molecule has 2 atom stereocenters. The lowest BCUT2D eigenvalue weighted by molar-refractivity contribution is -0.151. The SMILES string of the molecule is CC(=O)O[C@@H](Cc1ccccc1)C[C@@H](C)OC(C)=O. The molecule has 0 unspecified atom stereocenters. The molecule has 0 radical (unpaired) electrons. The normalized spacial score (nSPS) is 13.4. The molecule has 0 saturated heterocycles. The van der Waals surface area contributed by atoms with Crippen LogP contribution in [0.25, 0.3) is 0 Å². The van der Waals surface area contributed by atoms with Crippen LogP contribution in [0.2, 0.25) is 0 Å². The molecule has 19 heavy (non-hydrogen) atoms. The summed E-state index contributed by atoms with van der Waals surface area (Å²) >= 11 is 0. The first-order valence-electron chi connectivity index (χ1n) is 6.35. The number of esters is 2. The van der Waals surface area contributed by atoms with Crippen LogP contribution in [-0.2, 0) is 25.5 Å². The highest BCUT2D eigenvalue weighted by Gasteiger charge is 2.18. The first-order valence-corrected chi connectivity index (χ1v) is 6.35. The van der Waals surface area contributed by atoms with Crippen LogP contribution in [0.3, 0.4) is 0 Å². The van der Waals surface area contributed by atoms with Gasteiger partial charge < -0.3 is 9.47 Å². The van der Waals surface area contributed by atoms with Crippen LogP contribution in [0.4, 0.5) is 0 Å². The van der Waals surface area contributed by atoms with Crippen molar-refractivity contribution in [1.29, 1.82) is 0 Å². The molecule has 0 aliphatic rings. The van der Waals surface area contributed by atoms with Gasteiger partial charge in [0.25, 0.3) is 0 Å². The Morgan fingerprint density at radius 3 is 2.16 bits per heavy atom. The predicted molar refractivity (Wildman–Crippen MR) is 71.5 cm³/mol. The Morgan fingerprint density at radius 1 is 1.05 bits per heavy atom. The van der Waals surface area contributed by atoms with E-state index in [9.17, 15) is 9.59 Å². The summed E-state index contributed by atoms with van der Waals surface area (Å²) in [5, 5.41) is 0. The number of benzene rings is 1. The smallest absolute Gasteiger partial charge is 0.302 e. The van der Waals surface area contributed by atoms with Gasteiger partial charge >= 0.3 is 11.9 Å². The second-order valence-electron chi connectivity index (χ2n) is 4.58. The summed E-state index contributed by atoms with van der Waals surface area (Å²) in [6.07, 6.45) is 0.555. The maximum Gasteiger partial charge on any atom is 0.302 e. The maximum atomic E-state index is 11.1. The Kier molecular flexibility index (Phi) is 6.06. The molecular formula is C15H20O4. The molecule has 0 heterocycles. The Morgan fingerprint density at radius 2 is 1.63 bits per heavy atom. The Labute approximate surface area is 113 Å². The number of rotatable bonds is 6. The number of carbonyl (C=O) groups excluding carboxylic acids is 2. The van der Waals surface area contributed by atoms with Crippen LogP contribution in [0.5, 0.6) is 0 Å². The van der Waals surface area contributed by atoms with Crippen molar-refractivity contribution in [2.24, 2.45) is 0 Å². The van der Waals surface area contributed by atoms with Gasteiger partial charge in [0.1, 0.15) is 12.2 Å². The lowest BCUT2D eigenvalue weighted by Gasteiger charge is -2.21. The van der Waals surface area contributed by atoms with Gasteiger partial charge in [0.15, 0.2) is 0 Å². The van der Waals surface area contributed by atoms with Crippen molar-refractivity contribution in [2.45, 2.75) is 45.8 Å². The molecular weight excluding hydrogens is 244 g/mol. The second-order valence-corrected chi connectivity index (χ2v) is 4.58. The van der Waals surface area contributed by atoms with E-state index in [1.165, 1.54) is 13.8 Å². The zero-order valence-corrected chi connectivity index (χ0v) is 11.6. The Hall–Kier alpha value is -1.84. The summed E-state index contributed by atoms with van der Waals surface area (Å²) < 4.78 is 10.3. The molecule has 0 spiro atoms. The third kappa shape index (κ3) is 6.60. The summed E-state index contributed by atoms with van der Waals surface area (Å²) in [5.41, 5.74) is 1.09. The van der Waals surface area contributed by atoms with Crippen molar-refractivity contribution < 1.29 is 19.1 Å². The molecule has 4 heteroatoms. The molecule has 104 valence electrons. The molecule has 0 bridgehead atoms. The number of hydrogen-bond acceptors (Lipinski definition) is 4. The monoisotopic (exact) mass is 264 g/mol. The van der Waals surface area contributed by atoms with Gasteiger partial charge in [-0.25, -0.2) is 0 Å². The molecule has 0 aromatic heterocycles. The minimum Gasteiger partial charge on any atom is -0.463 e. The summed E-state index contributed by atoms with van der Waals surface area (Å²) in [6, 6.07) is 9.77. The lowest BCUT2D eigenvalue weighted by Crippen LogP contribution is -2.26. The van der Waals surface area contributed by atoms with Gasteiger partial charge in [-0.3, -0.25) is 9.59 Å². The zero-order chi connectivity index (χ0) is 14.3. The summed E-state index contributed by atoms with van der Waals surface area (Å²) in [4.78, 5) is 22.0. The fourth-order valence-electron chi connectivity index (χ4n) is 1.99. The van der Waals surface area contributed by atoms with Gasteiger partial charge in [0.05, 0.1) is 0 Å². The average molecular weight is 264 g/mol. The summed E-state index contributed by atoms with van der Waals surface area (Å²) in [5.74, 6) is -0.648. The molecule has 1 rings (SSSR count). The van der Waals surface area contributed by atoms with Gasteiger partial charge in [0.2, 0.25) is 0 Å². The highest BCUT2D eigenvalue weighted by molar-refractivity contribution is 5.66. The molecule has 4 nitrogen and oxygen atoms in total. The fourth-order valence-corrected chi connectivity index (χ4v) is 1.99. The topological polar surface area (TPSA) is 52.6 Å². The van der Waals surface area contributed by atoms with Crippen molar-refractivity contribution in [1.82, 2.24) is 0 Å². The van der Waals surface area contributed by atoms with E-state index in [1.54, 1.807) is 6.92 Å². The highest BCUT2D eigenvalue weighted by Crippen LogP contribution is 2.13. The lowest BCUT2D eigenvalue weighted by atomic mass is 10.0. The summed E-state index contributed by atoms with van der Waals surface area (Å²) in [6.45, 7) is 4.55. The van der Waals surface area contributed by atoms with E-state index in [2.05, 4.69) is 0 Å². The first kappa shape index (κ1) is 15.2. The second kappa shape index (κ2) is 7.56. The molecule has 0 aliphatic heterocycles. The van der Waals surface area contributed by atoms with E-state index in [4.69, 9.17) is 9.47 Å². The third-order valence-corrected chi connectivity index (χ3v) is 2.60. The zero-order valence-electron chi connectivity index (χ0n) is 11.6. The quantitative estimate of drug-likeness (QED) is 0.741. The minimum absolute atomic E-state index is 0.273. The van der Waals surface area contributed by atoms with Gasteiger partial charge in [-0.15, -0.1) is 0 Å². The van der Waals surface area contributed by atoms with Gasteiger partial charge in [-0.1, -0.05) is 30.3 Å². The average Bonchev–Trinajstić information content (AvgIpc) is 2.27. The highest BCUT2D eigenvalue weighted by atomic mass is 16.6. The van der Waals surface area contributed by atoms with E-state index in [0.717, 1.165) is 5.56 Å². The fraction of sp³-hybridized carbons (Fsp3) is 0.467. The molecule has 0 saturated carbocycles. The van der Waals surface area contributed by atoms with Crippen LogP contribution in [0.15, 0.2) is 30.3 Å². The van der Waals surface area contributed by atoms with Crippen molar-refractivity contribution in [2.75, 3.05) is 0 Å². The van der Waals surface area contributed by atoms with Crippen LogP contribution in [0.1, 0.15) is 32.8 Å². The summed E-state index contributed by atoms with van der Waals surface area (Å²) in [7, 11) is 0. The van der Waals surface area contributed by atoms with Gasteiger partial charge in [-0.05, 0) is 12.5 Å². The molecule has 0 N–H and O–H groups in total. The number of ether oxygens (including phenoxy) is 2. The number of hydrogen-bond donors (Lipinski definition) is 0. The molecule has 1 aromatic rings. The molecule has 1 aromatic carbocycles. The van der Waals surface area contributed by atoms with Crippen molar-refractivity contribution in [3.8, 4) is 0 Å². The van der Waals surface area contributed by atoms with E-state index >= 15 is 0 Å². The van der Waals surface area contributed by atoms with Gasteiger partial charge in [0, 0.05) is 26.7 Å². The van der Waals surface area contributed by atoms with Crippen LogP contribution < -0.4 is 0 Å². The van der Waals surface area contributed by atoms with Gasteiger partial charge in [-0.2, -0.15) is 0 Å². The molecule has 0 fully saturated rings. The van der Waals surface area contributed by atoms with Crippen LogP contribution >= 0.6 is 0 Å². The van der Waals surface area contributed by atoms with E-state index in [1.807, 2.05) is 30.3 Å². The van der Waals surface area contributed by atoms with Crippen LogP contribution in [-0.4, -0.2) is 24.1 Å². The van der Waals surface area contributed by atoms with E-state index in [0.29, 0.717) is 12.8 Å². The van der Waals surface area contributed by atoms with E-state index in [-0.39, 0.29) is 24.1 Å².